The number of ether oxygens (including phenoxy) is 1. The molecule has 0 radical (unpaired) electrons. The minimum Gasteiger partial charge on any atom is -0.485 e. The maximum atomic E-state index is 13.9. The minimum absolute atomic E-state index is 0.00939. The van der Waals surface area contributed by atoms with E-state index in [0.29, 0.717) is 22.3 Å². The predicted molar refractivity (Wildman–Crippen MR) is 163 cm³/mol. The van der Waals surface area contributed by atoms with Crippen molar-refractivity contribution >= 4 is 48.1 Å². The van der Waals surface area contributed by atoms with Crippen LogP contribution in [0.25, 0.3) is 31.6 Å². The Labute approximate surface area is 241 Å². The van der Waals surface area contributed by atoms with E-state index in [9.17, 15) is 9.00 Å². The van der Waals surface area contributed by atoms with E-state index in [-0.39, 0.29) is 16.7 Å². The largest absolute Gasteiger partial charge is 0.485 e. The third-order valence-electron chi connectivity index (χ3n) is 7.04. The highest BCUT2D eigenvalue weighted by Crippen LogP contribution is 2.41. The molecule has 206 valence electrons. The van der Waals surface area contributed by atoms with Gasteiger partial charge in [0.25, 0.3) is 5.91 Å². The molecule has 41 heavy (non-hydrogen) atoms. The fraction of sp³-hybridized carbons (Fsp3) is 0.129. The van der Waals surface area contributed by atoms with Crippen LogP contribution in [-0.4, -0.2) is 25.3 Å². The second-order valence-corrected chi connectivity index (χ2v) is 12.6. The predicted octanol–water partition coefficient (Wildman–Crippen LogP) is 7.35. The number of nitrogens with zero attached hydrogens (tertiary/aromatic N) is 2. The zero-order valence-corrected chi connectivity index (χ0v) is 24.2. The number of rotatable bonds is 7. The zero-order valence-electron chi connectivity index (χ0n) is 22.6. The van der Waals surface area contributed by atoms with Crippen LogP contribution in [0.15, 0.2) is 90.1 Å². The molecule has 0 aliphatic heterocycles. The van der Waals surface area contributed by atoms with Gasteiger partial charge in [-0.3, -0.25) is 14.6 Å². The summed E-state index contributed by atoms with van der Waals surface area (Å²) in [6.45, 7) is 5.92. The van der Waals surface area contributed by atoms with Gasteiger partial charge >= 0.3 is 0 Å². The molecule has 8 nitrogen and oxygen atoms in total. The van der Waals surface area contributed by atoms with E-state index in [0.717, 1.165) is 31.7 Å². The van der Waals surface area contributed by atoms with Crippen LogP contribution in [-0.2, 0) is 9.92 Å². The molecule has 1 amide bonds. The number of nitrogens with one attached hydrogen (secondary N) is 3. The summed E-state index contributed by atoms with van der Waals surface area (Å²) in [6.07, 6.45) is 1.08. The lowest BCUT2D eigenvalue weighted by Crippen LogP contribution is -2.30. The van der Waals surface area contributed by atoms with Gasteiger partial charge in [-0.15, -0.1) is 11.3 Å². The van der Waals surface area contributed by atoms with Crippen molar-refractivity contribution in [1.29, 1.82) is 4.78 Å². The van der Waals surface area contributed by atoms with Crippen molar-refractivity contribution in [3.8, 4) is 16.3 Å². The molecule has 0 saturated carbocycles. The number of carbonyl (C=O) groups excluding carboxylic acids is 1. The fourth-order valence-corrected chi connectivity index (χ4v) is 6.97. The molecule has 6 rings (SSSR count). The van der Waals surface area contributed by atoms with Gasteiger partial charge in [0.05, 0.1) is 33.2 Å². The van der Waals surface area contributed by atoms with E-state index in [4.69, 9.17) is 14.5 Å². The number of fused-ring (bicyclic) bond motifs is 2. The summed E-state index contributed by atoms with van der Waals surface area (Å²) in [5.74, 6) is -0.202. The molecule has 0 bridgehead atoms. The molecule has 0 aliphatic rings. The van der Waals surface area contributed by atoms with Crippen molar-refractivity contribution in [2.75, 3.05) is 0 Å². The lowest BCUT2D eigenvalue weighted by atomic mass is 10.0. The molecule has 3 N–H and O–H groups in total. The zero-order chi connectivity index (χ0) is 28.7. The average molecular weight is 582 g/mol. The maximum absolute atomic E-state index is 13.9. The summed E-state index contributed by atoms with van der Waals surface area (Å²) in [6, 6.07) is 24.8. The monoisotopic (exact) mass is 581 g/mol. The Morgan fingerprint density at radius 1 is 1.05 bits per heavy atom. The molecule has 0 saturated heterocycles. The SMILES string of the molecule is Cc1c(-c2cc(C(=O)NS(=N)(=O)c3ccn[nH]3)c3c(O[C@H](C)c4ccccc4)ccc(C)c3n2)sc2ccccc12. The van der Waals surface area contributed by atoms with Crippen LogP contribution < -0.4 is 9.46 Å². The molecule has 3 heterocycles. The van der Waals surface area contributed by atoms with E-state index in [1.165, 1.54) is 12.3 Å². The molecule has 1 unspecified atom stereocenters. The van der Waals surface area contributed by atoms with Crippen LogP contribution >= 0.6 is 11.3 Å². The number of amides is 1. The van der Waals surface area contributed by atoms with Crippen LogP contribution in [0.3, 0.4) is 0 Å². The molecule has 0 spiro atoms. The summed E-state index contributed by atoms with van der Waals surface area (Å²) in [7, 11) is -3.70. The van der Waals surface area contributed by atoms with Crippen molar-refractivity contribution in [3.63, 3.8) is 0 Å². The number of pyridine rings is 1. The van der Waals surface area contributed by atoms with Crippen molar-refractivity contribution < 1.29 is 13.7 Å². The van der Waals surface area contributed by atoms with E-state index in [1.807, 2.05) is 75.4 Å². The molecule has 3 aromatic heterocycles. The average Bonchev–Trinajstić information content (AvgIpc) is 3.64. The number of aromatic nitrogens is 3. The van der Waals surface area contributed by atoms with Gasteiger partial charge in [-0.25, -0.2) is 14.0 Å². The highest BCUT2D eigenvalue weighted by molar-refractivity contribution is 7.91. The normalized spacial score (nSPS) is 13.6. The third-order valence-corrected chi connectivity index (χ3v) is 9.65. The second kappa shape index (κ2) is 10.5. The molecule has 10 heteroatoms. The van der Waals surface area contributed by atoms with Crippen molar-refractivity contribution in [3.05, 3.63) is 107 Å². The Hall–Kier alpha value is -4.54. The maximum Gasteiger partial charge on any atom is 0.264 e. The molecule has 0 fully saturated rings. The van der Waals surface area contributed by atoms with E-state index in [1.54, 1.807) is 17.4 Å². The molecular weight excluding hydrogens is 555 g/mol. The van der Waals surface area contributed by atoms with E-state index >= 15 is 0 Å². The van der Waals surface area contributed by atoms with Gasteiger partial charge in [0.15, 0.2) is 14.9 Å². The number of aromatic amines is 1. The first kappa shape index (κ1) is 26.7. The van der Waals surface area contributed by atoms with Crippen molar-refractivity contribution in [2.45, 2.75) is 31.9 Å². The number of benzene rings is 3. The summed E-state index contributed by atoms with van der Waals surface area (Å²) < 4.78 is 31.6. The van der Waals surface area contributed by atoms with Crippen LogP contribution in [0.5, 0.6) is 5.75 Å². The van der Waals surface area contributed by atoms with Gasteiger partial charge in [0.2, 0.25) is 0 Å². The first-order valence-corrected chi connectivity index (χ1v) is 15.3. The number of hydrogen-bond donors (Lipinski definition) is 3. The molecular formula is C31H27N5O3S2. The molecule has 0 aliphatic carbocycles. The Morgan fingerprint density at radius 3 is 2.54 bits per heavy atom. The van der Waals surface area contributed by atoms with Gasteiger partial charge in [-0.05, 0) is 67.1 Å². The molecule has 3 aromatic carbocycles. The quantitative estimate of drug-likeness (QED) is 0.182. The molecule has 6 aromatic rings. The Kier molecular flexibility index (Phi) is 6.80. The van der Waals surface area contributed by atoms with Crippen LogP contribution in [0.4, 0.5) is 0 Å². The van der Waals surface area contributed by atoms with Gasteiger partial charge in [-0.1, -0.05) is 54.6 Å². The van der Waals surface area contributed by atoms with Crippen molar-refractivity contribution in [1.82, 2.24) is 19.9 Å². The number of thiophene rings is 1. The molecule has 2 atom stereocenters. The number of H-pyrrole nitrogens is 1. The number of aryl methyl sites for hydroxylation is 2. The lowest BCUT2D eigenvalue weighted by Gasteiger charge is -2.19. The Bertz CT molecular complexity index is 2020. The van der Waals surface area contributed by atoms with E-state index in [2.05, 4.69) is 27.1 Å². The first-order chi connectivity index (χ1) is 19.7. The highest BCUT2D eigenvalue weighted by atomic mass is 32.2. The summed E-state index contributed by atoms with van der Waals surface area (Å²) in [5.41, 5.74) is 4.34. The third kappa shape index (κ3) is 4.96. The van der Waals surface area contributed by atoms with Gasteiger partial charge < -0.3 is 4.74 Å². The summed E-state index contributed by atoms with van der Waals surface area (Å²) in [5, 5.41) is 7.95. The fourth-order valence-electron chi connectivity index (χ4n) is 4.88. The van der Waals surface area contributed by atoms with Crippen LogP contribution in [0, 0.1) is 18.6 Å². The number of carbonyl (C=O) groups is 1. The van der Waals surface area contributed by atoms with Crippen molar-refractivity contribution in [2.24, 2.45) is 0 Å². The first-order valence-electron chi connectivity index (χ1n) is 13.0. The number of hydrogen-bond acceptors (Lipinski definition) is 7. The highest BCUT2D eigenvalue weighted by Gasteiger charge is 2.25. The van der Waals surface area contributed by atoms with E-state index < -0.39 is 15.8 Å². The van der Waals surface area contributed by atoms with Crippen LogP contribution in [0.2, 0.25) is 0 Å². The van der Waals surface area contributed by atoms with Gasteiger partial charge in [0, 0.05) is 4.70 Å². The Morgan fingerprint density at radius 2 is 1.80 bits per heavy atom. The minimum atomic E-state index is -3.70. The standard InChI is InChI=1S/C31H27N5O3S2/c1-18-13-14-25(39-20(3)21-9-5-4-6-10-21)28-23(31(37)36-41(32,38)27-15-16-33-35-27)17-24(34-29(18)28)30-19(2)22-11-7-8-12-26(22)40-30/h4-17,20H,1-3H3,(H,33,35)(H2,32,36,37,38)/t20-,41?/m1/s1. The van der Waals surface area contributed by atoms with Crippen LogP contribution in [0.1, 0.15) is 40.1 Å². The Balaban J connectivity index is 1.55. The smallest absolute Gasteiger partial charge is 0.264 e. The second-order valence-electron chi connectivity index (χ2n) is 9.79. The lowest BCUT2D eigenvalue weighted by molar-refractivity contribution is 0.0983. The summed E-state index contributed by atoms with van der Waals surface area (Å²) >= 11 is 1.60. The topological polar surface area (TPSA) is 121 Å². The van der Waals surface area contributed by atoms with Gasteiger partial charge in [0.1, 0.15) is 11.9 Å². The van der Waals surface area contributed by atoms with Gasteiger partial charge in [-0.2, -0.15) is 5.10 Å². The summed E-state index contributed by atoms with van der Waals surface area (Å²) in [4.78, 5) is 19.9.